The first-order valence-corrected chi connectivity index (χ1v) is 9.44. The molecule has 2 aliphatic rings. The minimum atomic E-state index is -0.624. The van der Waals surface area contributed by atoms with E-state index in [-0.39, 0.29) is 39.8 Å². The second kappa shape index (κ2) is 7.78. The van der Waals surface area contributed by atoms with Gasteiger partial charge in [0.15, 0.2) is 0 Å². The Morgan fingerprint density at radius 2 is 1.92 bits per heavy atom. The van der Waals surface area contributed by atoms with Gasteiger partial charge in [0.1, 0.15) is 5.82 Å². The molecule has 2 aliphatic heterocycles. The number of rotatable bonds is 3. The Balaban J connectivity index is 1.73. The van der Waals surface area contributed by atoms with Crippen LogP contribution in [0, 0.1) is 5.82 Å². The molecule has 4 nitrogen and oxygen atoms in total. The van der Waals surface area contributed by atoms with Crippen LogP contribution in [-0.4, -0.2) is 60.1 Å². The summed E-state index contributed by atoms with van der Waals surface area (Å²) < 4.78 is 19.5. The van der Waals surface area contributed by atoms with E-state index in [2.05, 4.69) is 18.7 Å². The molecule has 1 aromatic rings. The third kappa shape index (κ3) is 4.27. The first-order chi connectivity index (χ1) is 11.8. The Kier molecular flexibility index (Phi) is 5.88. The number of benzene rings is 1. The molecule has 0 bridgehead atoms. The summed E-state index contributed by atoms with van der Waals surface area (Å²) in [4.78, 5) is 17.1. The summed E-state index contributed by atoms with van der Waals surface area (Å²) in [5.41, 5.74) is 0.180. The van der Waals surface area contributed by atoms with Crippen molar-refractivity contribution in [2.75, 3.05) is 26.2 Å². The zero-order valence-electron chi connectivity index (χ0n) is 14.5. The molecule has 2 heterocycles. The second-order valence-electron chi connectivity index (χ2n) is 7.02. The van der Waals surface area contributed by atoms with Crippen LogP contribution in [-0.2, 0) is 4.74 Å². The minimum Gasteiger partial charge on any atom is -0.373 e. The van der Waals surface area contributed by atoms with Gasteiger partial charge in [-0.25, -0.2) is 4.39 Å². The molecule has 0 aliphatic carbocycles. The van der Waals surface area contributed by atoms with Crippen molar-refractivity contribution in [3.8, 4) is 0 Å². The summed E-state index contributed by atoms with van der Waals surface area (Å²) in [6, 6.07) is 2.54. The molecule has 2 fully saturated rings. The third-order valence-corrected chi connectivity index (χ3v) is 5.44. The molecule has 138 valence electrons. The number of likely N-dealkylation sites (tertiary alicyclic amines) is 1. The molecule has 3 unspecified atom stereocenters. The number of amides is 1. The van der Waals surface area contributed by atoms with Gasteiger partial charge in [-0.1, -0.05) is 23.2 Å². The lowest BCUT2D eigenvalue weighted by Gasteiger charge is -2.38. The van der Waals surface area contributed by atoms with Crippen molar-refractivity contribution in [1.82, 2.24) is 9.80 Å². The van der Waals surface area contributed by atoms with Gasteiger partial charge in [0, 0.05) is 32.2 Å². The normalized spacial score (nSPS) is 27.7. The first kappa shape index (κ1) is 18.9. The van der Waals surface area contributed by atoms with Crippen molar-refractivity contribution in [2.24, 2.45) is 0 Å². The van der Waals surface area contributed by atoms with E-state index >= 15 is 0 Å². The number of carbonyl (C=O) groups excluding carboxylic acids is 1. The molecule has 2 saturated heterocycles. The summed E-state index contributed by atoms with van der Waals surface area (Å²) in [5.74, 6) is -0.849. The van der Waals surface area contributed by atoms with Gasteiger partial charge in [-0.2, -0.15) is 0 Å². The Hall–Kier alpha value is -0.880. The predicted octanol–water partition coefficient (Wildman–Crippen LogP) is 3.85. The van der Waals surface area contributed by atoms with E-state index in [1.54, 1.807) is 0 Å². The van der Waals surface area contributed by atoms with Crippen LogP contribution in [0.1, 0.15) is 37.0 Å². The summed E-state index contributed by atoms with van der Waals surface area (Å²) in [6.45, 7) is 7.32. The molecule has 1 aromatic carbocycles. The second-order valence-corrected chi connectivity index (χ2v) is 7.83. The van der Waals surface area contributed by atoms with Crippen LogP contribution in [0.3, 0.4) is 0 Å². The van der Waals surface area contributed by atoms with Crippen molar-refractivity contribution >= 4 is 29.1 Å². The van der Waals surface area contributed by atoms with Crippen LogP contribution in [0.2, 0.25) is 10.0 Å². The zero-order valence-corrected chi connectivity index (χ0v) is 16.0. The molecular weight excluding hydrogens is 366 g/mol. The lowest BCUT2D eigenvalue weighted by atomic mass is 10.1. The highest BCUT2D eigenvalue weighted by Gasteiger charge is 2.33. The Morgan fingerprint density at radius 1 is 1.24 bits per heavy atom. The fourth-order valence-electron chi connectivity index (χ4n) is 3.87. The maximum Gasteiger partial charge on any atom is 0.255 e. The smallest absolute Gasteiger partial charge is 0.255 e. The lowest BCUT2D eigenvalue weighted by Crippen LogP contribution is -2.51. The lowest BCUT2D eigenvalue weighted by molar-refractivity contribution is -0.0715. The molecule has 0 saturated carbocycles. The summed E-state index contributed by atoms with van der Waals surface area (Å²) in [7, 11) is 0. The largest absolute Gasteiger partial charge is 0.373 e. The van der Waals surface area contributed by atoms with Crippen molar-refractivity contribution in [3.63, 3.8) is 0 Å². The Morgan fingerprint density at radius 3 is 2.60 bits per heavy atom. The van der Waals surface area contributed by atoms with Crippen molar-refractivity contribution in [1.29, 1.82) is 0 Å². The topological polar surface area (TPSA) is 32.8 Å². The molecule has 25 heavy (non-hydrogen) atoms. The van der Waals surface area contributed by atoms with E-state index in [1.807, 2.05) is 4.90 Å². The van der Waals surface area contributed by atoms with Crippen molar-refractivity contribution in [2.45, 2.75) is 44.9 Å². The van der Waals surface area contributed by atoms with Gasteiger partial charge in [-0.15, -0.1) is 0 Å². The number of hydrogen-bond donors (Lipinski definition) is 0. The molecule has 0 radical (unpaired) electrons. The van der Waals surface area contributed by atoms with Crippen molar-refractivity contribution in [3.05, 3.63) is 33.6 Å². The monoisotopic (exact) mass is 388 g/mol. The zero-order chi connectivity index (χ0) is 18.1. The number of halogens is 3. The Labute approximate surface area is 157 Å². The number of hydrogen-bond acceptors (Lipinski definition) is 3. The van der Waals surface area contributed by atoms with E-state index in [0.717, 1.165) is 38.5 Å². The molecule has 0 N–H and O–H groups in total. The minimum absolute atomic E-state index is 0.0733. The third-order valence-electron chi connectivity index (χ3n) is 4.84. The number of ether oxygens (including phenoxy) is 1. The Bertz CT molecular complexity index is 648. The highest BCUT2D eigenvalue weighted by Crippen LogP contribution is 2.28. The van der Waals surface area contributed by atoms with Crippen LogP contribution in [0.5, 0.6) is 0 Å². The van der Waals surface area contributed by atoms with Gasteiger partial charge in [-0.05, 0) is 38.8 Å². The van der Waals surface area contributed by atoms with Crippen LogP contribution < -0.4 is 0 Å². The summed E-state index contributed by atoms with van der Waals surface area (Å²) in [5, 5.41) is 0.117. The van der Waals surface area contributed by atoms with E-state index in [1.165, 1.54) is 6.07 Å². The molecule has 0 spiro atoms. The summed E-state index contributed by atoms with van der Waals surface area (Å²) >= 11 is 11.9. The standard InChI is InChI=1S/C18H23Cl2FN2O2/c1-11-8-22(9-12(2)25-11)10-13-4-3-5-23(13)18(24)14-6-17(21)16(20)7-15(14)19/h6-7,11-13H,3-5,8-10H2,1-2H3. The predicted molar refractivity (Wildman–Crippen MR) is 96.9 cm³/mol. The van der Waals surface area contributed by atoms with Crippen LogP contribution >= 0.6 is 23.2 Å². The quantitative estimate of drug-likeness (QED) is 0.737. The molecule has 1 amide bonds. The van der Waals surface area contributed by atoms with Gasteiger partial charge in [0.2, 0.25) is 0 Å². The highest BCUT2D eigenvalue weighted by atomic mass is 35.5. The van der Waals surface area contributed by atoms with Crippen LogP contribution in [0.4, 0.5) is 4.39 Å². The SMILES string of the molecule is CC1CN(CC2CCCN2C(=O)c2cc(F)c(Cl)cc2Cl)CC(C)O1. The van der Waals surface area contributed by atoms with E-state index in [4.69, 9.17) is 27.9 Å². The van der Waals surface area contributed by atoms with Crippen molar-refractivity contribution < 1.29 is 13.9 Å². The van der Waals surface area contributed by atoms with Gasteiger partial charge < -0.3 is 9.64 Å². The highest BCUT2D eigenvalue weighted by molar-refractivity contribution is 6.36. The molecule has 7 heteroatoms. The fourth-order valence-corrected chi connectivity index (χ4v) is 4.33. The van der Waals surface area contributed by atoms with Gasteiger partial charge >= 0.3 is 0 Å². The average Bonchev–Trinajstić information content (AvgIpc) is 2.97. The number of morpholine rings is 1. The van der Waals surface area contributed by atoms with Gasteiger partial charge in [-0.3, -0.25) is 9.69 Å². The number of nitrogens with zero attached hydrogens (tertiary/aromatic N) is 2. The maximum absolute atomic E-state index is 13.8. The van der Waals surface area contributed by atoms with E-state index < -0.39 is 5.82 Å². The molecule has 3 rings (SSSR count). The number of carbonyl (C=O) groups is 1. The van der Waals surface area contributed by atoms with E-state index in [0.29, 0.717) is 6.54 Å². The average molecular weight is 389 g/mol. The first-order valence-electron chi connectivity index (χ1n) is 8.68. The van der Waals surface area contributed by atoms with Gasteiger partial charge in [0.05, 0.1) is 27.8 Å². The van der Waals surface area contributed by atoms with Crippen LogP contribution in [0.15, 0.2) is 12.1 Å². The fraction of sp³-hybridized carbons (Fsp3) is 0.611. The van der Waals surface area contributed by atoms with Gasteiger partial charge in [0.25, 0.3) is 5.91 Å². The molecular formula is C18H23Cl2FN2O2. The van der Waals surface area contributed by atoms with E-state index in [9.17, 15) is 9.18 Å². The maximum atomic E-state index is 13.8. The van der Waals surface area contributed by atoms with Crippen LogP contribution in [0.25, 0.3) is 0 Å². The summed E-state index contributed by atoms with van der Waals surface area (Å²) in [6.07, 6.45) is 2.27. The molecule has 3 atom stereocenters. The molecule has 0 aromatic heterocycles.